The van der Waals surface area contributed by atoms with E-state index in [0.29, 0.717) is 16.9 Å². The summed E-state index contributed by atoms with van der Waals surface area (Å²) in [5.41, 5.74) is 1.33. The first-order valence-corrected chi connectivity index (χ1v) is 6.04. The number of halogens is 2. The van der Waals surface area contributed by atoms with Crippen molar-refractivity contribution in [2.24, 2.45) is 0 Å². The van der Waals surface area contributed by atoms with Crippen LogP contribution in [0.1, 0.15) is 16.1 Å². The van der Waals surface area contributed by atoms with Gasteiger partial charge in [-0.05, 0) is 58.7 Å². The van der Waals surface area contributed by atoms with E-state index in [2.05, 4.69) is 26.2 Å². The Morgan fingerprint density at radius 2 is 2.11 bits per heavy atom. The van der Waals surface area contributed by atoms with E-state index in [1.807, 2.05) is 0 Å². The largest absolute Gasteiger partial charge is 0.321 e. The number of carbonyl (C=O) groups excluding carboxylic acids is 1. The van der Waals surface area contributed by atoms with Crippen LogP contribution >= 0.6 is 15.9 Å². The van der Waals surface area contributed by atoms with Crippen LogP contribution in [0.3, 0.4) is 0 Å². The normalized spacial score (nSPS) is 10.2. The van der Waals surface area contributed by atoms with Crippen molar-refractivity contribution >= 4 is 27.5 Å². The molecule has 0 bridgehead atoms. The van der Waals surface area contributed by atoms with Gasteiger partial charge in [-0.1, -0.05) is 0 Å². The van der Waals surface area contributed by atoms with Gasteiger partial charge in [0.25, 0.3) is 5.91 Å². The van der Waals surface area contributed by atoms with Gasteiger partial charge in [-0.15, -0.1) is 0 Å². The lowest BCUT2D eigenvalue weighted by Gasteiger charge is -2.06. The number of amides is 1. The molecular weight excluding hydrogens is 299 g/mol. The summed E-state index contributed by atoms with van der Waals surface area (Å²) < 4.78 is 13.9. The smallest absolute Gasteiger partial charge is 0.274 e. The van der Waals surface area contributed by atoms with Crippen molar-refractivity contribution in [1.82, 2.24) is 4.98 Å². The minimum absolute atomic E-state index is 0.297. The van der Waals surface area contributed by atoms with Crippen molar-refractivity contribution < 1.29 is 9.18 Å². The topological polar surface area (TPSA) is 42.0 Å². The summed E-state index contributed by atoms with van der Waals surface area (Å²) in [6.07, 6.45) is 1.55. The van der Waals surface area contributed by atoms with Crippen molar-refractivity contribution in [3.8, 4) is 0 Å². The Balaban J connectivity index is 2.16. The molecule has 2 aromatic rings. The summed E-state index contributed by atoms with van der Waals surface area (Å²) >= 11 is 3.24. The van der Waals surface area contributed by atoms with E-state index in [0.717, 1.165) is 4.47 Å². The molecule has 2 rings (SSSR count). The maximum atomic E-state index is 13.1. The minimum Gasteiger partial charge on any atom is -0.321 e. The van der Waals surface area contributed by atoms with Gasteiger partial charge < -0.3 is 5.32 Å². The molecule has 0 aliphatic heterocycles. The van der Waals surface area contributed by atoms with Gasteiger partial charge in [-0.2, -0.15) is 0 Å². The summed E-state index contributed by atoms with van der Waals surface area (Å²) in [5.74, 6) is -0.622. The zero-order chi connectivity index (χ0) is 13.1. The predicted molar refractivity (Wildman–Crippen MR) is 71.0 cm³/mol. The van der Waals surface area contributed by atoms with Gasteiger partial charge in [0, 0.05) is 16.4 Å². The molecule has 1 heterocycles. The SMILES string of the molecule is Cc1cc(NC(=O)c2ccc(Br)cn2)ccc1F. The maximum Gasteiger partial charge on any atom is 0.274 e. The fourth-order valence-electron chi connectivity index (χ4n) is 1.43. The van der Waals surface area contributed by atoms with Crippen LogP contribution < -0.4 is 5.32 Å². The number of carbonyl (C=O) groups is 1. The van der Waals surface area contributed by atoms with Crippen molar-refractivity contribution in [2.45, 2.75) is 6.92 Å². The first-order chi connectivity index (χ1) is 8.56. The molecule has 0 spiro atoms. The molecule has 0 fully saturated rings. The van der Waals surface area contributed by atoms with E-state index in [-0.39, 0.29) is 11.7 Å². The highest BCUT2D eigenvalue weighted by atomic mass is 79.9. The van der Waals surface area contributed by atoms with Crippen LogP contribution in [0, 0.1) is 12.7 Å². The molecule has 1 aromatic heterocycles. The van der Waals surface area contributed by atoms with E-state index in [9.17, 15) is 9.18 Å². The van der Waals surface area contributed by atoms with E-state index in [1.165, 1.54) is 12.1 Å². The lowest BCUT2D eigenvalue weighted by molar-refractivity contribution is 0.102. The monoisotopic (exact) mass is 308 g/mol. The maximum absolute atomic E-state index is 13.1. The second-order valence-electron chi connectivity index (χ2n) is 3.78. The number of nitrogens with one attached hydrogen (secondary N) is 1. The molecule has 0 radical (unpaired) electrons. The summed E-state index contributed by atoms with van der Waals surface area (Å²) in [5, 5.41) is 2.66. The predicted octanol–water partition coefficient (Wildman–Crippen LogP) is 3.54. The lowest BCUT2D eigenvalue weighted by atomic mass is 10.2. The van der Waals surface area contributed by atoms with Crippen molar-refractivity contribution in [1.29, 1.82) is 0 Å². The first kappa shape index (κ1) is 12.7. The van der Waals surface area contributed by atoms with Gasteiger partial charge in [0.1, 0.15) is 11.5 Å². The molecule has 0 saturated heterocycles. The summed E-state index contributed by atoms with van der Waals surface area (Å²) in [6, 6.07) is 7.75. The number of aromatic nitrogens is 1. The van der Waals surface area contributed by atoms with Crippen LogP contribution in [0.5, 0.6) is 0 Å². The molecule has 5 heteroatoms. The van der Waals surface area contributed by atoms with E-state index in [1.54, 1.807) is 31.3 Å². The molecule has 0 saturated carbocycles. The molecule has 0 atom stereocenters. The third-order valence-corrected chi connectivity index (χ3v) is 2.84. The molecule has 0 aliphatic carbocycles. The second kappa shape index (κ2) is 5.27. The van der Waals surface area contributed by atoms with Crippen LogP contribution in [0.15, 0.2) is 41.0 Å². The molecule has 1 aromatic carbocycles. The Labute approximate surface area is 112 Å². The van der Waals surface area contributed by atoms with Gasteiger partial charge in [-0.3, -0.25) is 4.79 Å². The number of aryl methyl sites for hydroxylation is 1. The average molecular weight is 309 g/mol. The Morgan fingerprint density at radius 1 is 1.33 bits per heavy atom. The van der Waals surface area contributed by atoms with Gasteiger partial charge in [0.05, 0.1) is 0 Å². The molecule has 92 valence electrons. The Hall–Kier alpha value is -1.75. The molecule has 1 amide bonds. The van der Waals surface area contributed by atoms with Crippen molar-refractivity contribution in [3.05, 3.63) is 58.1 Å². The van der Waals surface area contributed by atoms with E-state index in [4.69, 9.17) is 0 Å². The van der Waals surface area contributed by atoms with Gasteiger partial charge in [-0.25, -0.2) is 9.37 Å². The highest BCUT2D eigenvalue weighted by Gasteiger charge is 2.08. The first-order valence-electron chi connectivity index (χ1n) is 5.25. The molecule has 18 heavy (non-hydrogen) atoms. The van der Waals surface area contributed by atoms with Gasteiger partial charge in [0.2, 0.25) is 0 Å². The van der Waals surface area contributed by atoms with Gasteiger partial charge in [0.15, 0.2) is 0 Å². The molecule has 0 unspecified atom stereocenters. The zero-order valence-electron chi connectivity index (χ0n) is 9.58. The zero-order valence-corrected chi connectivity index (χ0v) is 11.2. The Morgan fingerprint density at radius 3 is 2.72 bits per heavy atom. The highest BCUT2D eigenvalue weighted by molar-refractivity contribution is 9.10. The number of hydrogen-bond donors (Lipinski definition) is 1. The number of pyridine rings is 1. The minimum atomic E-state index is -0.325. The third kappa shape index (κ3) is 2.92. The highest BCUT2D eigenvalue weighted by Crippen LogP contribution is 2.15. The summed E-state index contributed by atoms with van der Waals surface area (Å²) in [6.45, 7) is 1.64. The molecule has 0 aliphatic rings. The Kier molecular flexibility index (Phi) is 3.72. The fourth-order valence-corrected chi connectivity index (χ4v) is 1.66. The Bertz CT molecular complexity index is 584. The number of anilines is 1. The van der Waals surface area contributed by atoms with Crippen molar-refractivity contribution in [3.63, 3.8) is 0 Å². The summed E-state index contributed by atoms with van der Waals surface area (Å²) in [7, 11) is 0. The number of hydrogen-bond acceptors (Lipinski definition) is 2. The van der Waals surface area contributed by atoms with Crippen LogP contribution in [0.2, 0.25) is 0 Å². The third-order valence-electron chi connectivity index (χ3n) is 2.38. The van der Waals surface area contributed by atoms with Gasteiger partial charge >= 0.3 is 0 Å². The van der Waals surface area contributed by atoms with Crippen LogP contribution in [0.4, 0.5) is 10.1 Å². The molecule has 3 nitrogen and oxygen atoms in total. The fraction of sp³-hybridized carbons (Fsp3) is 0.0769. The quantitative estimate of drug-likeness (QED) is 0.922. The molecular formula is C13H10BrFN2O. The van der Waals surface area contributed by atoms with Crippen LogP contribution in [-0.2, 0) is 0 Å². The number of nitrogens with zero attached hydrogens (tertiary/aromatic N) is 1. The molecule has 1 N–H and O–H groups in total. The standard InChI is InChI=1S/C13H10BrFN2O/c1-8-6-10(3-4-11(8)15)17-13(18)12-5-2-9(14)7-16-12/h2-7H,1H3,(H,17,18). The average Bonchev–Trinajstić information content (AvgIpc) is 2.34. The summed E-state index contributed by atoms with van der Waals surface area (Å²) in [4.78, 5) is 15.8. The van der Waals surface area contributed by atoms with E-state index >= 15 is 0 Å². The van der Waals surface area contributed by atoms with Crippen LogP contribution in [0.25, 0.3) is 0 Å². The second-order valence-corrected chi connectivity index (χ2v) is 4.70. The number of rotatable bonds is 2. The van der Waals surface area contributed by atoms with Crippen LogP contribution in [-0.4, -0.2) is 10.9 Å². The van der Waals surface area contributed by atoms with Crippen molar-refractivity contribution in [2.75, 3.05) is 5.32 Å². The van der Waals surface area contributed by atoms with E-state index < -0.39 is 0 Å². The number of benzene rings is 1. The lowest BCUT2D eigenvalue weighted by Crippen LogP contribution is -2.13.